The van der Waals surface area contributed by atoms with Gasteiger partial charge in [0.05, 0.1) is 5.41 Å². The van der Waals surface area contributed by atoms with Crippen molar-refractivity contribution in [3.05, 3.63) is 0 Å². The van der Waals surface area contributed by atoms with Crippen LogP contribution in [-0.4, -0.2) is 66.7 Å². The largest absolute Gasteiger partial charge is 0.481 e. The maximum absolute atomic E-state index is 12.3. The zero-order valence-corrected chi connectivity index (χ0v) is 13.1. The summed E-state index contributed by atoms with van der Waals surface area (Å²) in [6, 6.07) is 0.114. The Morgan fingerprint density at radius 1 is 1.29 bits per heavy atom. The highest BCUT2D eigenvalue weighted by molar-refractivity contribution is 5.78. The molecule has 1 saturated heterocycles. The average Bonchev–Trinajstić information content (AvgIpc) is 2.95. The van der Waals surface area contributed by atoms with Crippen LogP contribution in [0.5, 0.6) is 0 Å². The molecule has 120 valence electrons. The molecule has 6 nitrogen and oxygen atoms in total. The number of nitrogens with zero attached hydrogens (tertiary/aromatic N) is 2. The Labute approximate surface area is 126 Å². The summed E-state index contributed by atoms with van der Waals surface area (Å²) in [6.07, 6.45) is 5.16. The van der Waals surface area contributed by atoms with E-state index >= 15 is 0 Å². The van der Waals surface area contributed by atoms with Crippen LogP contribution in [0.4, 0.5) is 4.79 Å². The summed E-state index contributed by atoms with van der Waals surface area (Å²) in [5, 5.41) is 12.3. The first-order valence-corrected chi connectivity index (χ1v) is 7.87. The van der Waals surface area contributed by atoms with Crippen LogP contribution in [0.15, 0.2) is 0 Å². The minimum atomic E-state index is -0.776. The molecule has 0 aromatic carbocycles. The maximum atomic E-state index is 12.3. The fourth-order valence-corrected chi connectivity index (χ4v) is 3.44. The van der Waals surface area contributed by atoms with Crippen molar-refractivity contribution in [2.75, 3.05) is 33.7 Å². The lowest BCUT2D eigenvalue weighted by Crippen LogP contribution is -2.50. The lowest BCUT2D eigenvalue weighted by atomic mass is 9.86. The van der Waals surface area contributed by atoms with E-state index in [0.717, 1.165) is 38.8 Å². The zero-order chi connectivity index (χ0) is 15.5. The van der Waals surface area contributed by atoms with Crippen LogP contribution in [0, 0.1) is 5.41 Å². The highest BCUT2D eigenvalue weighted by Gasteiger charge is 2.41. The Balaban J connectivity index is 1.84. The van der Waals surface area contributed by atoms with Crippen LogP contribution in [0.25, 0.3) is 0 Å². The lowest BCUT2D eigenvalue weighted by molar-refractivity contribution is -0.148. The summed E-state index contributed by atoms with van der Waals surface area (Å²) in [5.74, 6) is -0.776. The molecule has 6 heteroatoms. The third-order valence-electron chi connectivity index (χ3n) is 5.15. The van der Waals surface area contributed by atoms with Gasteiger partial charge in [0.1, 0.15) is 0 Å². The molecule has 2 N–H and O–H groups in total. The standard InChI is InChI=1S/C15H27N3O3/c1-17-9-5-12(6-10-17)18(2)14(21)16-11-15(13(19)20)7-3-4-8-15/h12H,3-11H2,1-2H3,(H,16,21)(H,19,20). The van der Waals surface area contributed by atoms with Crippen molar-refractivity contribution in [2.24, 2.45) is 5.41 Å². The van der Waals surface area contributed by atoms with Crippen molar-refractivity contribution in [2.45, 2.75) is 44.6 Å². The maximum Gasteiger partial charge on any atom is 0.317 e. The molecular formula is C15H27N3O3. The molecule has 0 aromatic heterocycles. The number of nitrogens with one attached hydrogen (secondary N) is 1. The first kappa shape index (κ1) is 16.1. The quantitative estimate of drug-likeness (QED) is 0.822. The fraction of sp³-hybridized carbons (Fsp3) is 0.867. The fourth-order valence-electron chi connectivity index (χ4n) is 3.44. The van der Waals surface area contributed by atoms with Crippen molar-refractivity contribution in [3.8, 4) is 0 Å². The zero-order valence-electron chi connectivity index (χ0n) is 13.1. The van der Waals surface area contributed by atoms with E-state index in [0.29, 0.717) is 12.8 Å². The number of carbonyl (C=O) groups excluding carboxylic acids is 1. The number of carbonyl (C=O) groups is 2. The number of likely N-dealkylation sites (tertiary alicyclic amines) is 1. The van der Waals surface area contributed by atoms with Gasteiger partial charge < -0.3 is 20.2 Å². The molecule has 1 aliphatic carbocycles. The lowest BCUT2D eigenvalue weighted by Gasteiger charge is -2.35. The second-order valence-corrected chi connectivity index (χ2v) is 6.60. The second-order valence-electron chi connectivity index (χ2n) is 6.60. The topological polar surface area (TPSA) is 72.9 Å². The van der Waals surface area contributed by atoms with Gasteiger partial charge >= 0.3 is 12.0 Å². The first-order chi connectivity index (χ1) is 9.94. The van der Waals surface area contributed by atoms with E-state index in [2.05, 4.69) is 17.3 Å². The molecule has 0 aromatic rings. The molecule has 21 heavy (non-hydrogen) atoms. The van der Waals surface area contributed by atoms with Gasteiger partial charge in [0.25, 0.3) is 0 Å². The van der Waals surface area contributed by atoms with Crippen LogP contribution in [0.1, 0.15) is 38.5 Å². The summed E-state index contributed by atoms with van der Waals surface area (Å²) in [6.45, 7) is 2.25. The highest BCUT2D eigenvalue weighted by Crippen LogP contribution is 2.37. The molecule has 1 aliphatic heterocycles. The third kappa shape index (κ3) is 3.67. The Morgan fingerprint density at radius 2 is 1.86 bits per heavy atom. The number of carboxylic acids is 1. The van der Waals surface area contributed by atoms with Gasteiger partial charge in [-0.2, -0.15) is 0 Å². The smallest absolute Gasteiger partial charge is 0.317 e. The van der Waals surface area contributed by atoms with E-state index < -0.39 is 11.4 Å². The summed E-state index contributed by atoms with van der Waals surface area (Å²) < 4.78 is 0. The van der Waals surface area contributed by atoms with Crippen LogP contribution in [-0.2, 0) is 4.79 Å². The molecular weight excluding hydrogens is 270 g/mol. The van der Waals surface area contributed by atoms with Crippen molar-refractivity contribution >= 4 is 12.0 Å². The Morgan fingerprint density at radius 3 is 2.38 bits per heavy atom. The van der Waals surface area contributed by atoms with Crippen LogP contribution < -0.4 is 5.32 Å². The number of piperidine rings is 1. The van der Waals surface area contributed by atoms with Crippen LogP contribution >= 0.6 is 0 Å². The minimum Gasteiger partial charge on any atom is -0.481 e. The van der Waals surface area contributed by atoms with E-state index in [-0.39, 0.29) is 18.6 Å². The van der Waals surface area contributed by atoms with Crippen LogP contribution in [0.2, 0.25) is 0 Å². The van der Waals surface area contributed by atoms with Crippen molar-refractivity contribution in [1.82, 2.24) is 15.1 Å². The molecule has 2 rings (SSSR count). The van der Waals surface area contributed by atoms with E-state index in [1.54, 1.807) is 4.90 Å². The highest BCUT2D eigenvalue weighted by atomic mass is 16.4. The number of hydrogen-bond acceptors (Lipinski definition) is 3. The Bertz CT molecular complexity index is 386. The number of carboxylic acid groups (broad SMARTS) is 1. The second kappa shape index (κ2) is 6.64. The molecule has 0 bridgehead atoms. The first-order valence-electron chi connectivity index (χ1n) is 7.87. The molecule has 0 unspecified atom stereocenters. The monoisotopic (exact) mass is 297 g/mol. The molecule has 0 spiro atoms. The summed E-state index contributed by atoms with van der Waals surface area (Å²) in [7, 11) is 3.90. The van der Waals surface area contributed by atoms with Gasteiger partial charge in [-0.15, -0.1) is 0 Å². The molecule has 1 saturated carbocycles. The van der Waals surface area contributed by atoms with Crippen molar-refractivity contribution in [3.63, 3.8) is 0 Å². The molecule has 0 radical (unpaired) electrons. The predicted molar refractivity (Wildman–Crippen MR) is 80.2 cm³/mol. The molecule has 2 aliphatic rings. The van der Waals surface area contributed by atoms with Crippen molar-refractivity contribution in [1.29, 1.82) is 0 Å². The number of rotatable bonds is 4. The van der Waals surface area contributed by atoms with E-state index in [4.69, 9.17) is 0 Å². The van der Waals surface area contributed by atoms with E-state index in [1.165, 1.54) is 0 Å². The van der Waals surface area contributed by atoms with Gasteiger partial charge in [-0.25, -0.2) is 4.79 Å². The average molecular weight is 297 g/mol. The molecule has 2 amide bonds. The number of hydrogen-bond donors (Lipinski definition) is 2. The van der Waals surface area contributed by atoms with Gasteiger partial charge in [0.15, 0.2) is 0 Å². The predicted octanol–water partition coefficient (Wildman–Crippen LogP) is 1.37. The Hall–Kier alpha value is -1.30. The number of amides is 2. The van der Waals surface area contributed by atoms with Crippen LogP contribution in [0.3, 0.4) is 0 Å². The summed E-state index contributed by atoms with van der Waals surface area (Å²) in [5.41, 5.74) is -0.747. The van der Waals surface area contributed by atoms with Gasteiger partial charge in [-0.05, 0) is 45.8 Å². The number of urea groups is 1. The molecule has 1 heterocycles. The van der Waals surface area contributed by atoms with Gasteiger partial charge in [-0.3, -0.25) is 4.79 Å². The Kier molecular flexibility index (Phi) is 5.08. The van der Waals surface area contributed by atoms with Gasteiger partial charge in [0, 0.05) is 19.6 Å². The summed E-state index contributed by atoms with van der Waals surface area (Å²) in [4.78, 5) is 27.7. The molecule has 2 fully saturated rings. The van der Waals surface area contributed by atoms with Gasteiger partial charge in [0.2, 0.25) is 0 Å². The SMILES string of the molecule is CN1CCC(N(C)C(=O)NCC2(C(=O)O)CCCC2)CC1. The van der Waals surface area contributed by atoms with E-state index in [9.17, 15) is 14.7 Å². The summed E-state index contributed by atoms with van der Waals surface area (Å²) >= 11 is 0. The van der Waals surface area contributed by atoms with Gasteiger partial charge in [-0.1, -0.05) is 12.8 Å². The molecule has 0 atom stereocenters. The van der Waals surface area contributed by atoms with Crippen molar-refractivity contribution < 1.29 is 14.7 Å². The minimum absolute atomic E-state index is 0.142. The third-order valence-corrected chi connectivity index (χ3v) is 5.15. The van der Waals surface area contributed by atoms with E-state index in [1.807, 2.05) is 7.05 Å². The normalized spacial score (nSPS) is 23.0. The number of aliphatic carboxylic acids is 1.